The van der Waals surface area contributed by atoms with Crippen molar-refractivity contribution in [1.29, 1.82) is 0 Å². The third-order valence-corrected chi connectivity index (χ3v) is 6.57. The molecule has 1 saturated carbocycles. The Kier molecular flexibility index (Phi) is 6.74. The van der Waals surface area contributed by atoms with E-state index in [2.05, 4.69) is 17.1 Å². The van der Waals surface area contributed by atoms with Crippen molar-refractivity contribution in [3.8, 4) is 0 Å². The fourth-order valence-corrected chi connectivity index (χ4v) is 4.89. The van der Waals surface area contributed by atoms with Gasteiger partial charge in [0.2, 0.25) is 11.8 Å². The summed E-state index contributed by atoms with van der Waals surface area (Å²) >= 11 is 0. The van der Waals surface area contributed by atoms with Crippen LogP contribution in [0.4, 0.5) is 0 Å². The minimum Gasteiger partial charge on any atom is -0.354 e. The van der Waals surface area contributed by atoms with E-state index in [-0.39, 0.29) is 11.8 Å². The number of rotatable bonds is 6. The standard InChI is InChI=1S/C20H35N3O2/c1-2-22-11-5-8-18(22)15-21-20(25)17-9-12-23(13-10-17)19(24)14-16-6-3-4-7-16/h16-18H,2-15H2,1H3,(H,21,25)/t18-/m1/s1. The number of piperidine rings is 1. The van der Waals surface area contributed by atoms with Gasteiger partial charge in [0.1, 0.15) is 0 Å². The summed E-state index contributed by atoms with van der Waals surface area (Å²) in [5.74, 6) is 1.22. The maximum atomic E-state index is 12.5. The van der Waals surface area contributed by atoms with Crippen molar-refractivity contribution in [3.05, 3.63) is 0 Å². The Bertz CT molecular complexity index is 454. The van der Waals surface area contributed by atoms with Crippen LogP contribution in [0, 0.1) is 11.8 Å². The SMILES string of the molecule is CCN1CCC[C@@H]1CNC(=O)C1CCN(C(=O)CC2CCCC2)CC1. The van der Waals surface area contributed by atoms with E-state index >= 15 is 0 Å². The van der Waals surface area contributed by atoms with E-state index in [9.17, 15) is 9.59 Å². The number of hydrogen-bond donors (Lipinski definition) is 1. The first-order valence-electron chi connectivity index (χ1n) is 10.5. The van der Waals surface area contributed by atoms with Gasteiger partial charge >= 0.3 is 0 Å². The van der Waals surface area contributed by atoms with Crippen LogP contribution in [0.3, 0.4) is 0 Å². The Hall–Kier alpha value is -1.10. The average molecular weight is 350 g/mol. The first kappa shape index (κ1) is 18.7. The van der Waals surface area contributed by atoms with Gasteiger partial charge in [0.25, 0.3) is 0 Å². The van der Waals surface area contributed by atoms with Gasteiger partial charge in [-0.3, -0.25) is 14.5 Å². The molecule has 0 aromatic heterocycles. The number of likely N-dealkylation sites (N-methyl/N-ethyl adjacent to an activating group) is 1. The summed E-state index contributed by atoms with van der Waals surface area (Å²) in [6.45, 7) is 6.73. The zero-order valence-electron chi connectivity index (χ0n) is 15.8. The van der Waals surface area contributed by atoms with Crippen LogP contribution < -0.4 is 5.32 Å². The van der Waals surface area contributed by atoms with Crippen LogP contribution in [0.15, 0.2) is 0 Å². The second-order valence-corrected chi connectivity index (χ2v) is 8.18. The molecule has 3 rings (SSSR count). The minimum absolute atomic E-state index is 0.0898. The van der Waals surface area contributed by atoms with E-state index in [1.807, 2.05) is 4.90 Å². The molecule has 25 heavy (non-hydrogen) atoms. The van der Waals surface area contributed by atoms with Gasteiger partial charge in [0.05, 0.1) is 0 Å². The fraction of sp³-hybridized carbons (Fsp3) is 0.900. The van der Waals surface area contributed by atoms with Crippen molar-refractivity contribution >= 4 is 11.8 Å². The number of nitrogens with one attached hydrogen (secondary N) is 1. The van der Waals surface area contributed by atoms with Gasteiger partial charge in [0.15, 0.2) is 0 Å². The quantitative estimate of drug-likeness (QED) is 0.801. The number of carbonyl (C=O) groups is 2. The van der Waals surface area contributed by atoms with Crippen LogP contribution in [0.1, 0.15) is 64.7 Å². The van der Waals surface area contributed by atoms with E-state index in [4.69, 9.17) is 0 Å². The smallest absolute Gasteiger partial charge is 0.223 e. The maximum Gasteiger partial charge on any atom is 0.223 e. The van der Waals surface area contributed by atoms with E-state index in [1.165, 1.54) is 45.1 Å². The van der Waals surface area contributed by atoms with Gasteiger partial charge in [-0.25, -0.2) is 0 Å². The Balaban J connectivity index is 1.36. The summed E-state index contributed by atoms with van der Waals surface area (Å²) in [6, 6.07) is 0.516. The second-order valence-electron chi connectivity index (χ2n) is 8.18. The highest BCUT2D eigenvalue weighted by Crippen LogP contribution is 2.29. The Morgan fingerprint density at radius 2 is 1.68 bits per heavy atom. The van der Waals surface area contributed by atoms with Gasteiger partial charge in [0, 0.05) is 38.0 Å². The predicted molar refractivity (Wildman–Crippen MR) is 99.2 cm³/mol. The molecule has 1 N–H and O–H groups in total. The van der Waals surface area contributed by atoms with Gasteiger partial charge in [-0.05, 0) is 57.5 Å². The molecule has 3 aliphatic rings. The molecule has 2 saturated heterocycles. The highest BCUT2D eigenvalue weighted by Gasteiger charge is 2.30. The third-order valence-electron chi connectivity index (χ3n) is 6.57. The number of carbonyl (C=O) groups excluding carboxylic acids is 2. The minimum atomic E-state index is 0.0898. The van der Waals surface area contributed by atoms with Crippen LogP contribution in [0.25, 0.3) is 0 Å². The van der Waals surface area contributed by atoms with Crippen molar-refractivity contribution < 1.29 is 9.59 Å². The molecule has 142 valence electrons. The number of amides is 2. The van der Waals surface area contributed by atoms with Gasteiger partial charge in [-0.2, -0.15) is 0 Å². The third kappa shape index (κ3) is 4.96. The zero-order chi connectivity index (χ0) is 17.6. The first-order valence-corrected chi connectivity index (χ1v) is 10.5. The summed E-state index contributed by atoms with van der Waals surface area (Å²) in [4.78, 5) is 29.4. The molecule has 1 aliphatic carbocycles. The maximum absolute atomic E-state index is 12.5. The van der Waals surface area contributed by atoms with Crippen LogP contribution >= 0.6 is 0 Å². The van der Waals surface area contributed by atoms with E-state index in [0.717, 1.165) is 45.4 Å². The number of likely N-dealkylation sites (tertiary alicyclic amines) is 2. The molecule has 0 aromatic carbocycles. The molecular formula is C20H35N3O2. The Morgan fingerprint density at radius 3 is 2.36 bits per heavy atom. The molecule has 0 spiro atoms. The first-order chi connectivity index (χ1) is 12.2. The summed E-state index contributed by atoms with van der Waals surface area (Å²) in [5.41, 5.74) is 0. The van der Waals surface area contributed by atoms with E-state index in [0.29, 0.717) is 17.9 Å². The van der Waals surface area contributed by atoms with Crippen LogP contribution in [0.5, 0.6) is 0 Å². The van der Waals surface area contributed by atoms with Gasteiger partial charge in [-0.1, -0.05) is 19.8 Å². The average Bonchev–Trinajstić information content (AvgIpc) is 3.31. The van der Waals surface area contributed by atoms with Crippen molar-refractivity contribution in [3.63, 3.8) is 0 Å². The highest BCUT2D eigenvalue weighted by atomic mass is 16.2. The van der Waals surface area contributed by atoms with Crippen molar-refractivity contribution in [2.75, 3.05) is 32.7 Å². The van der Waals surface area contributed by atoms with E-state index in [1.54, 1.807) is 0 Å². The molecule has 0 radical (unpaired) electrons. The van der Waals surface area contributed by atoms with Gasteiger partial charge in [-0.15, -0.1) is 0 Å². The lowest BCUT2D eigenvalue weighted by Gasteiger charge is -2.32. The molecule has 0 aromatic rings. The molecule has 3 fully saturated rings. The summed E-state index contributed by atoms with van der Waals surface area (Å²) in [6.07, 6.45) is 9.84. The summed E-state index contributed by atoms with van der Waals surface area (Å²) in [5, 5.41) is 3.18. The molecule has 2 aliphatic heterocycles. The molecule has 5 heteroatoms. The molecule has 5 nitrogen and oxygen atoms in total. The van der Waals surface area contributed by atoms with Crippen molar-refractivity contribution in [1.82, 2.24) is 15.1 Å². The largest absolute Gasteiger partial charge is 0.354 e. The molecule has 1 atom stereocenters. The molecule has 2 heterocycles. The second kappa shape index (κ2) is 9.02. The Labute approximate surface area is 152 Å². The molecule has 0 unspecified atom stereocenters. The zero-order valence-corrected chi connectivity index (χ0v) is 15.8. The lowest BCUT2D eigenvalue weighted by molar-refractivity contribution is -0.136. The summed E-state index contributed by atoms with van der Waals surface area (Å²) in [7, 11) is 0. The fourth-order valence-electron chi connectivity index (χ4n) is 4.89. The van der Waals surface area contributed by atoms with Crippen molar-refractivity contribution in [2.45, 2.75) is 70.8 Å². The number of hydrogen-bond acceptors (Lipinski definition) is 3. The predicted octanol–water partition coefficient (Wildman–Crippen LogP) is 2.41. The Morgan fingerprint density at radius 1 is 0.960 bits per heavy atom. The van der Waals surface area contributed by atoms with Crippen LogP contribution in [0.2, 0.25) is 0 Å². The molecule has 0 bridgehead atoms. The highest BCUT2D eigenvalue weighted by molar-refractivity contribution is 5.80. The van der Waals surface area contributed by atoms with Crippen LogP contribution in [-0.2, 0) is 9.59 Å². The van der Waals surface area contributed by atoms with Crippen LogP contribution in [-0.4, -0.2) is 60.4 Å². The molecular weight excluding hydrogens is 314 g/mol. The van der Waals surface area contributed by atoms with E-state index < -0.39 is 0 Å². The number of nitrogens with zero attached hydrogens (tertiary/aromatic N) is 2. The lowest BCUT2D eigenvalue weighted by Crippen LogP contribution is -2.46. The monoisotopic (exact) mass is 349 g/mol. The lowest BCUT2D eigenvalue weighted by atomic mass is 9.94. The molecule has 2 amide bonds. The topological polar surface area (TPSA) is 52.7 Å². The van der Waals surface area contributed by atoms with Gasteiger partial charge < -0.3 is 10.2 Å². The normalized spacial score (nSPS) is 26.3. The summed E-state index contributed by atoms with van der Waals surface area (Å²) < 4.78 is 0. The van der Waals surface area contributed by atoms with Crippen molar-refractivity contribution in [2.24, 2.45) is 11.8 Å².